The van der Waals surface area contributed by atoms with Gasteiger partial charge < -0.3 is 20.1 Å². The molecule has 0 spiro atoms. The minimum absolute atomic E-state index is 0.0798. The van der Waals surface area contributed by atoms with Crippen molar-refractivity contribution in [3.63, 3.8) is 0 Å². The molecule has 0 saturated carbocycles. The van der Waals surface area contributed by atoms with E-state index < -0.39 is 0 Å². The van der Waals surface area contributed by atoms with Gasteiger partial charge in [0, 0.05) is 50.0 Å². The highest BCUT2D eigenvalue weighted by molar-refractivity contribution is 6.04. The fourth-order valence-corrected chi connectivity index (χ4v) is 4.05. The van der Waals surface area contributed by atoms with Gasteiger partial charge in [0.2, 0.25) is 0 Å². The number of pyridine rings is 1. The second-order valence-corrected chi connectivity index (χ2v) is 8.50. The molecular weight excluding hydrogens is 418 g/mol. The number of hydrogen-bond donors (Lipinski definition) is 2. The number of likely N-dealkylation sites (N-methyl/N-ethyl adjacent to an activating group) is 1. The molecule has 1 aliphatic rings. The van der Waals surface area contributed by atoms with Crippen LogP contribution in [0.5, 0.6) is 0 Å². The summed E-state index contributed by atoms with van der Waals surface area (Å²) < 4.78 is 1.91. The van der Waals surface area contributed by atoms with Gasteiger partial charge in [0.15, 0.2) is 0 Å². The quantitative estimate of drug-likeness (QED) is 0.576. The first-order valence-electron chi connectivity index (χ1n) is 11.1. The Hall–Kier alpha value is -3.59. The molecule has 0 aliphatic carbocycles. The van der Waals surface area contributed by atoms with Crippen LogP contribution < -0.4 is 10.6 Å². The van der Waals surface area contributed by atoms with Crippen LogP contribution in [0.15, 0.2) is 48.9 Å². The first-order chi connectivity index (χ1) is 15.9. The number of carbonyl (C=O) groups excluding carboxylic acids is 2. The summed E-state index contributed by atoms with van der Waals surface area (Å²) in [6.45, 7) is 3.48. The Morgan fingerprint density at radius 3 is 2.82 bits per heavy atom. The summed E-state index contributed by atoms with van der Waals surface area (Å²) in [4.78, 5) is 31.7. The third-order valence-corrected chi connectivity index (χ3v) is 6.13. The van der Waals surface area contributed by atoms with Crippen molar-refractivity contribution >= 4 is 17.5 Å². The van der Waals surface area contributed by atoms with Gasteiger partial charge in [-0.1, -0.05) is 19.1 Å². The van der Waals surface area contributed by atoms with Crippen LogP contribution in [0.4, 0.5) is 5.69 Å². The summed E-state index contributed by atoms with van der Waals surface area (Å²) in [5.41, 5.74) is 2.44. The molecule has 1 aromatic carbocycles. The van der Waals surface area contributed by atoms with Crippen molar-refractivity contribution in [2.45, 2.75) is 31.7 Å². The Morgan fingerprint density at radius 1 is 1.24 bits per heavy atom. The average Bonchev–Trinajstić information content (AvgIpc) is 3.48. The van der Waals surface area contributed by atoms with Crippen LogP contribution in [-0.2, 0) is 13.5 Å². The van der Waals surface area contributed by atoms with Gasteiger partial charge in [0.25, 0.3) is 11.8 Å². The molecule has 0 unspecified atom stereocenters. The SMILES string of the molecule is CN[C@@H]1CCN(C(=O)c2ccnc(C(=O)Nc3cccc([C@H](C)Cc4nncn4C)c3)c2)C1. The Kier molecular flexibility index (Phi) is 6.79. The lowest BCUT2D eigenvalue weighted by Gasteiger charge is -2.17. The molecule has 4 rings (SSSR count). The average molecular weight is 448 g/mol. The smallest absolute Gasteiger partial charge is 0.274 e. The number of anilines is 1. The maximum atomic E-state index is 12.9. The number of likely N-dealkylation sites (tertiary alicyclic amines) is 1. The maximum Gasteiger partial charge on any atom is 0.274 e. The van der Waals surface area contributed by atoms with E-state index in [0.29, 0.717) is 30.4 Å². The van der Waals surface area contributed by atoms with E-state index in [9.17, 15) is 9.59 Å². The second kappa shape index (κ2) is 9.91. The number of nitrogens with zero attached hydrogens (tertiary/aromatic N) is 5. The van der Waals surface area contributed by atoms with E-state index in [2.05, 4.69) is 32.7 Å². The summed E-state index contributed by atoms with van der Waals surface area (Å²) >= 11 is 0. The lowest BCUT2D eigenvalue weighted by atomic mass is 9.97. The van der Waals surface area contributed by atoms with Crippen LogP contribution in [0.25, 0.3) is 0 Å². The minimum atomic E-state index is -0.350. The Bertz CT molecular complexity index is 1140. The van der Waals surface area contributed by atoms with Crippen molar-refractivity contribution in [1.29, 1.82) is 0 Å². The fraction of sp³-hybridized carbons (Fsp3) is 0.375. The molecule has 1 aliphatic heterocycles. The number of carbonyl (C=O) groups is 2. The summed E-state index contributed by atoms with van der Waals surface area (Å²) in [5, 5.41) is 14.2. The minimum Gasteiger partial charge on any atom is -0.337 e. The van der Waals surface area contributed by atoms with Crippen LogP contribution >= 0.6 is 0 Å². The summed E-state index contributed by atoms with van der Waals surface area (Å²) in [5.74, 6) is 0.675. The normalized spacial score (nSPS) is 16.6. The molecule has 172 valence electrons. The zero-order valence-corrected chi connectivity index (χ0v) is 19.2. The lowest BCUT2D eigenvalue weighted by molar-refractivity contribution is 0.0789. The lowest BCUT2D eigenvalue weighted by Crippen LogP contribution is -2.33. The summed E-state index contributed by atoms with van der Waals surface area (Å²) in [7, 11) is 3.83. The molecule has 3 aromatic rings. The van der Waals surface area contributed by atoms with Crippen LogP contribution in [0, 0.1) is 0 Å². The standard InChI is InChI=1S/C24H29N7O2/c1-16(11-22-29-27-15-30(22)3)17-5-4-6-19(12-17)28-23(32)21-13-18(7-9-26-21)24(33)31-10-8-20(14-31)25-2/h4-7,9,12-13,15-16,20,25H,8,10-11,14H2,1-3H3,(H,28,32)/t16-,20-/m1/s1. The van der Waals surface area contributed by atoms with Crippen LogP contribution in [0.3, 0.4) is 0 Å². The van der Waals surface area contributed by atoms with Crippen LogP contribution in [0.1, 0.15) is 51.5 Å². The van der Waals surface area contributed by atoms with Crippen molar-refractivity contribution in [3.05, 3.63) is 71.6 Å². The number of rotatable bonds is 7. The van der Waals surface area contributed by atoms with Gasteiger partial charge in [-0.2, -0.15) is 0 Å². The third-order valence-electron chi connectivity index (χ3n) is 6.13. The van der Waals surface area contributed by atoms with Crippen LogP contribution in [-0.4, -0.2) is 62.6 Å². The molecule has 9 heteroatoms. The highest BCUT2D eigenvalue weighted by Crippen LogP contribution is 2.23. The highest BCUT2D eigenvalue weighted by Gasteiger charge is 2.26. The summed E-state index contributed by atoms with van der Waals surface area (Å²) in [6, 6.07) is 11.3. The molecule has 2 aromatic heterocycles. The second-order valence-electron chi connectivity index (χ2n) is 8.50. The van der Waals surface area contributed by atoms with Crippen molar-refractivity contribution in [3.8, 4) is 0 Å². The fourth-order valence-electron chi connectivity index (χ4n) is 4.05. The van der Waals surface area contributed by atoms with E-state index in [4.69, 9.17) is 0 Å². The molecule has 1 fully saturated rings. The highest BCUT2D eigenvalue weighted by atomic mass is 16.2. The van der Waals surface area contributed by atoms with Gasteiger partial charge in [0.1, 0.15) is 17.8 Å². The number of aryl methyl sites for hydroxylation is 1. The van der Waals surface area contributed by atoms with E-state index in [0.717, 1.165) is 24.2 Å². The van der Waals surface area contributed by atoms with Crippen molar-refractivity contribution in [1.82, 2.24) is 30.0 Å². The topological polar surface area (TPSA) is 105 Å². The molecule has 0 bridgehead atoms. The number of aromatic nitrogens is 4. The molecule has 2 amide bonds. The van der Waals surface area contributed by atoms with E-state index in [1.165, 1.54) is 6.20 Å². The zero-order chi connectivity index (χ0) is 23.4. The Balaban J connectivity index is 1.43. The molecule has 9 nitrogen and oxygen atoms in total. The summed E-state index contributed by atoms with van der Waals surface area (Å²) in [6.07, 6.45) is 4.86. The molecule has 3 heterocycles. The van der Waals surface area contributed by atoms with Gasteiger partial charge in [0.05, 0.1) is 0 Å². The van der Waals surface area contributed by atoms with Gasteiger partial charge in [-0.05, 0) is 49.2 Å². The molecule has 2 atom stereocenters. The molecule has 1 saturated heterocycles. The van der Waals surface area contributed by atoms with Gasteiger partial charge in [-0.15, -0.1) is 10.2 Å². The molecular formula is C24H29N7O2. The third kappa shape index (κ3) is 5.25. The zero-order valence-electron chi connectivity index (χ0n) is 19.2. The number of benzene rings is 1. The Morgan fingerprint density at radius 2 is 2.09 bits per heavy atom. The van der Waals surface area contributed by atoms with Crippen molar-refractivity contribution < 1.29 is 9.59 Å². The predicted molar refractivity (Wildman–Crippen MR) is 125 cm³/mol. The first-order valence-corrected chi connectivity index (χ1v) is 11.1. The monoisotopic (exact) mass is 447 g/mol. The van der Waals surface area contributed by atoms with E-state index in [1.54, 1.807) is 23.4 Å². The van der Waals surface area contributed by atoms with E-state index in [-0.39, 0.29) is 23.4 Å². The molecule has 2 N–H and O–H groups in total. The maximum absolute atomic E-state index is 12.9. The Labute approximate surface area is 193 Å². The first kappa shape index (κ1) is 22.6. The van der Waals surface area contributed by atoms with E-state index in [1.807, 2.05) is 42.9 Å². The van der Waals surface area contributed by atoms with Crippen molar-refractivity contribution in [2.24, 2.45) is 7.05 Å². The molecule has 33 heavy (non-hydrogen) atoms. The van der Waals surface area contributed by atoms with Crippen LogP contribution in [0.2, 0.25) is 0 Å². The molecule has 0 radical (unpaired) electrons. The van der Waals surface area contributed by atoms with Gasteiger partial charge in [-0.25, -0.2) is 0 Å². The largest absolute Gasteiger partial charge is 0.337 e. The number of hydrogen-bond acceptors (Lipinski definition) is 6. The van der Waals surface area contributed by atoms with Gasteiger partial charge >= 0.3 is 0 Å². The number of nitrogens with one attached hydrogen (secondary N) is 2. The number of amides is 2. The van der Waals surface area contributed by atoms with E-state index >= 15 is 0 Å². The van der Waals surface area contributed by atoms with Crippen molar-refractivity contribution in [2.75, 3.05) is 25.5 Å². The predicted octanol–water partition coefficient (Wildman–Crippen LogP) is 2.24. The van der Waals surface area contributed by atoms with Gasteiger partial charge in [-0.3, -0.25) is 14.6 Å².